The summed E-state index contributed by atoms with van der Waals surface area (Å²) in [4.78, 5) is 0. The Balaban J connectivity index is 1.80. The van der Waals surface area contributed by atoms with Crippen LogP contribution in [0.25, 0.3) is 0 Å². The predicted octanol–water partition coefficient (Wildman–Crippen LogP) is 3.62. The first-order chi connectivity index (χ1) is 10.8. The largest absolute Gasteiger partial charge is 0.490 e. The second-order valence-corrected chi connectivity index (χ2v) is 5.89. The molecule has 1 aliphatic heterocycles. The molecule has 1 fully saturated rings. The number of benzene rings is 2. The molecular weight excluding hydrogens is 298 g/mol. The Morgan fingerprint density at radius 1 is 1.05 bits per heavy atom. The number of ether oxygens (including phenoxy) is 2. The summed E-state index contributed by atoms with van der Waals surface area (Å²) in [6.45, 7) is 2.95. The first-order valence-corrected chi connectivity index (χ1v) is 7.95. The highest BCUT2D eigenvalue weighted by Crippen LogP contribution is 2.31. The van der Waals surface area contributed by atoms with E-state index in [1.165, 1.54) is 0 Å². The van der Waals surface area contributed by atoms with Crippen LogP contribution in [0.2, 0.25) is 5.02 Å². The van der Waals surface area contributed by atoms with Crippen LogP contribution in [0.15, 0.2) is 54.6 Å². The number of rotatable bonds is 4. The zero-order valence-electron chi connectivity index (χ0n) is 12.4. The molecule has 0 radical (unpaired) electrons. The molecule has 3 nitrogen and oxygen atoms in total. The molecule has 4 heteroatoms. The average molecular weight is 318 g/mol. The van der Waals surface area contributed by atoms with Crippen molar-refractivity contribution in [1.29, 1.82) is 0 Å². The summed E-state index contributed by atoms with van der Waals surface area (Å²) in [5.74, 6) is 0.806. The van der Waals surface area contributed by atoms with Gasteiger partial charge in [0, 0.05) is 11.6 Å². The maximum absolute atomic E-state index is 6.21. The van der Waals surface area contributed by atoms with Crippen molar-refractivity contribution in [3.05, 3.63) is 65.2 Å². The lowest BCUT2D eigenvalue weighted by molar-refractivity contribution is -0.0724. The number of hydrogen-bond donors (Lipinski definition) is 1. The van der Waals surface area contributed by atoms with Crippen molar-refractivity contribution in [1.82, 2.24) is 5.32 Å². The quantitative estimate of drug-likeness (QED) is 0.934. The molecule has 1 aliphatic rings. The highest BCUT2D eigenvalue weighted by Gasteiger charge is 2.35. The zero-order chi connectivity index (χ0) is 15.3. The van der Waals surface area contributed by atoms with E-state index in [0.29, 0.717) is 18.2 Å². The number of halogens is 1. The predicted molar refractivity (Wildman–Crippen MR) is 88.5 cm³/mol. The van der Waals surface area contributed by atoms with Gasteiger partial charge in [-0.3, -0.25) is 0 Å². The molecule has 0 saturated carbocycles. The van der Waals surface area contributed by atoms with E-state index in [4.69, 9.17) is 21.1 Å². The fourth-order valence-corrected chi connectivity index (χ4v) is 2.83. The Morgan fingerprint density at radius 3 is 2.59 bits per heavy atom. The van der Waals surface area contributed by atoms with Gasteiger partial charge < -0.3 is 14.8 Å². The maximum atomic E-state index is 6.21. The molecule has 1 atom stereocenters. The van der Waals surface area contributed by atoms with Gasteiger partial charge in [-0.2, -0.15) is 0 Å². The van der Waals surface area contributed by atoms with Crippen molar-refractivity contribution in [3.8, 4) is 5.75 Å². The lowest BCUT2D eigenvalue weighted by Crippen LogP contribution is -2.37. The molecule has 116 valence electrons. The summed E-state index contributed by atoms with van der Waals surface area (Å²) in [5.41, 5.74) is 0.748. The van der Waals surface area contributed by atoms with Crippen molar-refractivity contribution >= 4 is 11.6 Å². The minimum Gasteiger partial charge on any atom is -0.490 e. The number of nitrogens with one attached hydrogen (secondary N) is 1. The van der Waals surface area contributed by atoms with Gasteiger partial charge in [0.15, 0.2) is 0 Å². The Labute approximate surface area is 136 Å². The molecule has 2 aromatic rings. The first-order valence-electron chi connectivity index (χ1n) is 7.57. The fourth-order valence-electron chi connectivity index (χ4n) is 2.70. The summed E-state index contributed by atoms with van der Waals surface area (Å²) in [7, 11) is 0. The molecule has 1 N–H and O–H groups in total. The van der Waals surface area contributed by atoms with E-state index in [2.05, 4.69) is 17.4 Å². The van der Waals surface area contributed by atoms with Crippen LogP contribution >= 0.6 is 11.6 Å². The normalized spacial score (nSPS) is 22.0. The van der Waals surface area contributed by atoms with Gasteiger partial charge in [0.1, 0.15) is 18.0 Å². The third kappa shape index (κ3) is 3.61. The first kappa shape index (κ1) is 15.3. The van der Waals surface area contributed by atoms with Crippen molar-refractivity contribution in [2.75, 3.05) is 26.3 Å². The highest BCUT2D eigenvalue weighted by atomic mass is 35.5. The molecule has 0 aromatic heterocycles. The topological polar surface area (TPSA) is 30.5 Å². The Morgan fingerprint density at radius 2 is 1.82 bits per heavy atom. The fraction of sp³-hybridized carbons (Fsp3) is 0.333. The summed E-state index contributed by atoms with van der Waals surface area (Å²) in [6, 6.07) is 17.8. The van der Waals surface area contributed by atoms with Crippen LogP contribution in [-0.4, -0.2) is 26.3 Å². The minimum atomic E-state index is -0.412. The molecule has 0 aliphatic carbocycles. The Kier molecular flexibility index (Phi) is 4.98. The van der Waals surface area contributed by atoms with Gasteiger partial charge in [0.2, 0.25) is 0 Å². The highest BCUT2D eigenvalue weighted by molar-refractivity contribution is 6.30. The van der Waals surface area contributed by atoms with Crippen LogP contribution in [0.4, 0.5) is 0 Å². The van der Waals surface area contributed by atoms with E-state index >= 15 is 0 Å². The molecule has 3 rings (SSSR count). The van der Waals surface area contributed by atoms with E-state index < -0.39 is 5.60 Å². The van der Waals surface area contributed by atoms with Crippen molar-refractivity contribution in [2.45, 2.75) is 12.0 Å². The van der Waals surface area contributed by atoms with Crippen LogP contribution < -0.4 is 10.1 Å². The Hall–Kier alpha value is -1.55. The molecule has 22 heavy (non-hydrogen) atoms. The lowest BCUT2D eigenvalue weighted by atomic mass is 9.91. The Bertz CT molecular complexity index is 578. The van der Waals surface area contributed by atoms with Gasteiger partial charge in [0.25, 0.3) is 0 Å². The molecule has 0 bridgehead atoms. The van der Waals surface area contributed by atoms with Gasteiger partial charge in [-0.05, 0) is 42.8 Å². The average Bonchev–Trinajstić information content (AvgIpc) is 2.82. The minimum absolute atomic E-state index is 0.412. The van der Waals surface area contributed by atoms with Gasteiger partial charge >= 0.3 is 0 Å². The second-order valence-electron chi connectivity index (χ2n) is 5.45. The molecule has 1 unspecified atom stereocenters. The van der Waals surface area contributed by atoms with Gasteiger partial charge in [-0.1, -0.05) is 41.9 Å². The van der Waals surface area contributed by atoms with Crippen LogP contribution in [-0.2, 0) is 10.3 Å². The molecule has 1 saturated heterocycles. The third-order valence-corrected chi connectivity index (χ3v) is 4.20. The molecule has 2 aromatic carbocycles. The number of hydrogen-bond acceptors (Lipinski definition) is 3. The van der Waals surface area contributed by atoms with Crippen molar-refractivity contribution in [3.63, 3.8) is 0 Å². The second kappa shape index (κ2) is 7.14. The van der Waals surface area contributed by atoms with E-state index in [0.717, 1.165) is 30.8 Å². The SMILES string of the molecule is Clc1ccc(OCC2(c3ccccc3)CCNCCO2)cc1. The third-order valence-electron chi connectivity index (χ3n) is 3.95. The maximum Gasteiger partial charge on any atom is 0.128 e. The van der Waals surface area contributed by atoms with E-state index in [1.54, 1.807) is 0 Å². The molecular formula is C18H20ClNO2. The molecule has 0 amide bonds. The molecule has 0 spiro atoms. The van der Waals surface area contributed by atoms with Gasteiger partial charge in [-0.15, -0.1) is 0 Å². The van der Waals surface area contributed by atoms with E-state index in [-0.39, 0.29) is 0 Å². The van der Waals surface area contributed by atoms with Gasteiger partial charge in [-0.25, -0.2) is 0 Å². The standard InChI is InChI=1S/C18H20ClNO2/c19-16-6-8-17(9-7-16)21-14-18(10-11-20-12-13-22-18)15-4-2-1-3-5-15/h1-9,20H,10-14H2. The smallest absolute Gasteiger partial charge is 0.128 e. The van der Waals surface area contributed by atoms with Crippen LogP contribution in [0.3, 0.4) is 0 Å². The summed E-state index contributed by atoms with van der Waals surface area (Å²) in [6.07, 6.45) is 0.880. The van der Waals surface area contributed by atoms with Crippen molar-refractivity contribution < 1.29 is 9.47 Å². The van der Waals surface area contributed by atoms with Gasteiger partial charge in [0.05, 0.1) is 6.61 Å². The van der Waals surface area contributed by atoms with Crippen LogP contribution in [0.1, 0.15) is 12.0 Å². The summed E-state index contributed by atoms with van der Waals surface area (Å²) < 4.78 is 12.2. The van der Waals surface area contributed by atoms with Crippen LogP contribution in [0.5, 0.6) is 5.75 Å². The van der Waals surface area contributed by atoms with Crippen LogP contribution in [0, 0.1) is 0 Å². The lowest BCUT2D eigenvalue weighted by Gasteiger charge is -2.32. The summed E-state index contributed by atoms with van der Waals surface area (Å²) >= 11 is 5.92. The van der Waals surface area contributed by atoms with E-state index in [9.17, 15) is 0 Å². The zero-order valence-corrected chi connectivity index (χ0v) is 13.2. The molecule has 1 heterocycles. The van der Waals surface area contributed by atoms with E-state index in [1.807, 2.05) is 42.5 Å². The summed E-state index contributed by atoms with van der Waals surface area (Å²) in [5, 5.41) is 4.09. The van der Waals surface area contributed by atoms with Crippen molar-refractivity contribution in [2.24, 2.45) is 0 Å². The monoisotopic (exact) mass is 317 g/mol.